The van der Waals surface area contributed by atoms with Crippen LogP contribution in [0.15, 0.2) is 12.4 Å². The molecule has 122 valence electrons. The van der Waals surface area contributed by atoms with E-state index in [-0.39, 0.29) is 0 Å². The third-order valence-corrected chi connectivity index (χ3v) is 4.35. The Balaban J connectivity index is 2.57. The summed E-state index contributed by atoms with van der Waals surface area (Å²) >= 11 is 0. The van der Waals surface area contributed by atoms with Crippen molar-refractivity contribution in [2.45, 2.75) is 104 Å². The Morgan fingerprint density at radius 2 is 1.48 bits per heavy atom. The lowest BCUT2D eigenvalue weighted by molar-refractivity contribution is -0.704. The van der Waals surface area contributed by atoms with Crippen LogP contribution in [0.25, 0.3) is 0 Å². The number of unbranched alkanes of at least 4 members (excludes halogenated alkanes) is 7. The number of hydrogen-bond donors (Lipinski definition) is 0. The molecule has 0 unspecified atom stereocenters. The van der Waals surface area contributed by atoms with Crippen LogP contribution in [0.5, 0.6) is 0 Å². The van der Waals surface area contributed by atoms with Crippen molar-refractivity contribution < 1.29 is 4.57 Å². The zero-order valence-corrected chi connectivity index (χ0v) is 14.7. The van der Waals surface area contributed by atoms with Crippen LogP contribution in [0.4, 0.5) is 0 Å². The second-order valence-electron chi connectivity index (χ2n) is 6.33. The Labute approximate surface area is 132 Å². The fraction of sp³-hybridized carbons (Fsp3) is 0.842. The van der Waals surface area contributed by atoms with E-state index < -0.39 is 0 Å². The first kappa shape index (κ1) is 18.3. The third kappa shape index (κ3) is 7.15. The largest absolute Gasteiger partial charge is 0.256 e. The molecule has 0 aliphatic rings. The van der Waals surface area contributed by atoms with Crippen LogP contribution < -0.4 is 4.57 Å². The summed E-state index contributed by atoms with van der Waals surface area (Å²) in [4.78, 5) is 0. The second-order valence-corrected chi connectivity index (χ2v) is 6.33. The summed E-state index contributed by atoms with van der Waals surface area (Å²) in [6, 6.07) is 0. The summed E-state index contributed by atoms with van der Waals surface area (Å²) in [5.41, 5.74) is 0. The van der Waals surface area contributed by atoms with E-state index >= 15 is 0 Å². The predicted octanol–water partition coefficient (Wildman–Crippen LogP) is 5.28. The van der Waals surface area contributed by atoms with Crippen LogP contribution in [0.2, 0.25) is 0 Å². The Hall–Kier alpha value is -0.790. The molecule has 0 aromatic carbocycles. The van der Waals surface area contributed by atoms with E-state index in [1.807, 2.05) is 0 Å². The molecule has 0 amide bonds. The first-order valence-electron chi connectivity index (χ1n) is 9.40. The number of imidazole rings is 1. The standard InChI is InChI=1S/C19H37N2/c1-4-7-10-13-16-21-18-17-20(15-12-9-6-3)19(21)14-11-8-5-2/h17-18H,4-16H2,1-3H3/q+1. The van der Waals surface area contributed by atoms with Gasteiger partial charge in [0.25, 0.3) is 5.82 Å². The molecule has 0 atom stereocenters. The Morgan fingerprint density at radius 3 is 2.19 bits per heavy atom. The van der Waals surface area contributed by atoms with Crippen molar-refractivity contribution in [3.05, 3.63) is 18.2 Å². The summed E-state index contributed by atoms with van der Waals surface area (Å²) < 4.78 is 5.04. The normalized spacial score (nSPS) is 11.2. The summed E-state index contributed by atoms with van der Waals surface area (Å²) in [5.74, 6) is 1.57. The van der Waals surface area contributed by atoms with E-state index in [1.165, 1.54) is 83.7 Å². The molecule has 0 saturated heterocycles. The van der Waals surface area contributed by atoms with Gasteiger partial charge in [-0.3, -0.25) is 0 Å². The maximum Gasteiger partial charge on any atom is 0.256 e. The molecule has 1 aromatic heterocycles. The monoisotopic (exact) mass is 293 g/mol. The lowest BCUT2D eigenvalue weighted by atomic mass is 10.2. The first-order valence-corrected chi connectivity index (χ1v) is 9.40. The molecule has 0 aliphatic carbocycles. The summed E-state index contributed by atoms with van der Waals surface area (Å²) in [7, 11) is 0. The topological polar surface area (TPSA) is 8.81 Å². The number of aryl methyl sites for hydroxylation is 2. The smallest absolute Gasteiger partial charge is 0.234 e. The van der Waals surface area contributed by atoms with Gasteiger partial charge < -0.3 is 0 Å². The van der Waals surface area contributed by atoms with Gasteiger partial charge in [-0.25, -0.2) is 9.13 Å². The summed E-state index contributed by atoms with van der Waals surface area (Å²) in [5, 5.41) is 0. The van der Waals surface area contributed by atoms with Crippen molar-refractivity contribution in [2.75, 3.05) is 0 Å². The maximum atomic E-state index is 2.53. The molecule has 21 heavy (non-hydrogen) atoms. The minimum Gasteiger partial charge on any atom is -0.234 e. The number of nitrogens with zero attached hydrogens (tertiary/aromatic N) is 2. The van der Waals surface area contributed by atoms with E-state index in [9.17, 15) is 0 Å². The molecular weight excluding hydrogens is 256 g/mol. The Kier molecular flexibility index (Phi) is 10.3. The molecule has 0 fully saturated rings. The van der Waals surface area contributed by atoms with Crippen molar-refractivity contribution in [1.82, 2.24) is 4.57 Å². The highest BCUT2D eigenvalue weighted by atomic mass is 15.1. The molecule has 0 N–H and O–H groups in total. The molecule has 1 heterocycles. The molecule has 0 bridgehead atoms. The van der Waals surface area contributed by atoms with Gasteiger partial charge >= 0.3 is 0 Å². The van der Waals surface area contributed by atoms with E-state index in [0.717, 1.165) is 0 Å². The highest BCUT2D eigenvalue weighted by Gasteiger charge is 2.15. The van der Waals surface area contributed by atoms with Gasteiger partial charge in [0, 0.05) is 6.42 Å². The van der Waals surface area contributed by atoms with Gasteiger partial charge in [-0.15, -0.1) is 0 Å². The lowest BCUT2D eigenvalue weighted by Crippen LogP contribution is -2.37. The van der Waals surface area contributed by atoms with Gasteiger partial charge in [0.05, 0.1) is 13.1 Å². The van der Waals surface area contributed by atoms with E-state index in [4.69, 9.17) is 0 Å². The fourth-order valence-electron chi connectivity index (χ4n) is 2.97. The lowest BCUT2D eigenvalue weighted by Gasteiger charge is -2.05. The van der Waals surface area contributed by atoms with Crippen molar-refractivity contribution in [3.8, 4) is 0 Å². The van der Waals surface area contributed by atoms with Crippen LogP contribution in [-0.4, -0.2) is 4.57 Å². The van der Waals surface area contributed by atoms with Gasteiger partial charge in [-0.05, 0) is 32.1 Å². The molecule has 0 saturated carbocycles. The number of rotatable bonds is 13. The van der Waals surface area contributed by atoms with Gasteiger partial charge in [0.1, 0.15) is 12.4 Å². The zero-order chi connectivity index (χ0) is 15.3. The molecule has 2 heteroatoms. The average molecular weight is 294 g/mol. The SMILES string of the molecule is CCCCCCn1cc[n+](CCCCC)c1CCCCC. The van der Waals surface area contributed by atoms with Crippen molar-refractivity contribution >= 4 is 0 Å². The van der Waals surface area contributed by atoms with Gasteiger partial charge in [-0.2, -0.15) is 0 Å². The van der Waals surface area contributed by atoms with E-state index in [0.29, 0.717) is 0 Å². The molecule has 1 aromatic rings. The zero-order valence-electron chi connectivity index (χ0n) is 14.7. The maximum absolute atomic E-state index is 2.53. The first-order chi connectivity index (χ1) is 10.3. The molecule has 0 radical (unpaired) electrons. The third-order valence-electron chi connectivity index (χ3n) is 4.35. The van der Waals surface area contributed by atoms with Gasteiger partial charge in [0.15, 0.2) is 0 Å². The van der Waals surface area contributed by atoms with Crippen LogP contribution in [0, 0.1) is 0 Å². The quantitative estimate of drug-likeness (QED) is 0.346. The van der Waals surface area contributed by atoms with Gasteiger partial charge in [-0.1, -0.05) is 52.9 Å². The molecular formula is C19H37N2+. The van der Waals surface area contributed by atoms with Crippen LogP contribution >= 0.6 is 0 Å². The highest BCUT2D eigenvalue weighted by molar-refractivity contribution is 4.84. The van der Waals surface area contributed by atoms with Crippen molar-refractivity contribution in [2.24, 2.45) is 0 Å². The van der Waals surface area contributed by atoms with Crippen LogP contribution in [-0.2, 0) is 19.5 Å². The Bertz CT molecular complexity index is 354. The van der Waals surface area contributed by atoms with Crippen molar-refractivity contribution in [1.29, 1.82) is 0 Å². The molecule has 0 aliphatic heterocycles. The second kappa shape index (κ2) is 11.8. The van der Waals surface area contributed by atoms with Crippen molar-refractivity contribution in [3.63, 3.8) is 0 Å². The van der Waals surface area contributed by atoms with E-state index in [1.54, 1.807) is 5.82 Å². The molecule has 0 spiro atoms. The molecule has 1 rings (SSSR count). The van der Waals surface area contributed by atoms with Gasteiger partial charge in [0.2, 0.25) is 0 Å². The van der Waals surface area contributed by atoms with E-state index in [2.05, 4.69) is 42.3 Å². The van der Waals surface area contributed by atoms with Crippen LogP contribution in [0.1, 0.15) is 90.8 Å². The summed E-state index contributed by atoms with van der Waals surface area (Å²) in [6.45, 7) is 9.28. The number of hydrogen-bond acceptors (Lipinski definition) is 0. The number of aromatic nitrogens is 2. The fourth-order valence-corrected chi connectivity index (χ4v) is 2.97. The minimum absolute atomic E-state index is 1.21. The molecule has 2 nitrogen and oxygen atoms in total. The minimum atomic E-state index is 1.21. The highest BCUT2D eigenvalue weighted by Crippen LogP contribution is 2.08. The predicted molar refractivity (Wildman–Crippen MR) is 91.5 cm³/mol. The Morgan fingerprint density at radius 1 is 0.810 bits per heavy atom. The summed E-state index contributed by atoms with van der Waals surface area (Å²) in [6.07, 6.45) is 19.3. The average Bonchev–Trinajstić information content (AvgIpc) is 2.87. The van der Waals surface area contributed by atoms with Crippen LogP contribution in [0.3, 0.4) is 0 Å².